The monoisotopic (exact) mass is 818 g/mol. The van der Waals surface area contributed by atoms with Gasteiger partial charge in [-0.05, 0) is 48.3 Å². The van der Waals surface area contributed by atoms with Gasteiger partial charge in [0.25, 0.3) is 5.91 Å². The number of nitrogens with one attached hydrogen (secondary N) is 4. The third-order valence-electron chi connectivity index (χ3n) is 11.0. The van der Waals surface area contributed by atoms with Crippen molar-refractivity contribution in [2.24, 2.45) is 5.92 Å². The highest BCUT2D eigenvalue weighted by Crippen LogP contribution is 2.44. The Bertz CT molecular complexity index is 2470. The van der Waals surface area contributed by atoms with Crippen LogP contribution in [0.2, 0.25) is 0 Å². The van der Waals surface area contributed by atoms with Crippen molar-refractivity contribution in [2.75, 3.05) is 13.1 Å². The second-order valence-corrected chi connectivity index (χ2v) is 16.7. The molecule has 2 aliphatic rings. The molecule has 6 aromatic rings. The second kappa shape index (κ2) is 16.4. The molecule has 5 N–H and O–H groups in total. The average Bonchev–Trinajstić information content (AvgIpc) is 4.08. The van der Waals surface area contributed by atoms with E-state index in [1.807, 2.05) is 38.2 Å². The molecule has 0 saturated carbocycles. The van der Waals surface area contributed by atoms with Crippen LogP contribution < -0.4 is 10.6 Å². The number of amides is 4. The summed E-state index contributed by atoms with van der Waals surface area (Å²) in [7, 11) is 0. The van der Waals surface area contributed by atoms with E-state index >= 15 is 0 Å². The summed E-state index contributed by atoms with van der Waals surface area (Å²) < 4.78 is 2.30. The molecule has 2 unspecified atom stereocenters. The number of thiophene rings is 2. The Morgan fingerprint density at radius 3 is 1.97 bits per heavy atom. The molecule has 58 heavy (non-hydrogen) atoms. The van der Waals surface area contributed by atoms with Gasteiger partial charge in [0, 0.05) is 35.0 Å². The predicted molar refractivity (Wildman–Crippen MR) is 221 cm³/mol. The van der Waals surface area contributed by atoms with Gasteiger partial charge in [0.05, 0.1) is 45.3 Å². The molecule has 4 aromatic heterocycles. The number of carboxylic acid groups (broad SMARTS) is 1. The van der Waals surface area contributed by atoms with Crippen molar-refractivity contribution in [3.05, 3.63) is 95.0 Å². The van der Waals surface area contributed by atoms with Crippen LogP contribution in [0.5, 0.6) is 0 Å². The Labute approximate surface area is 341 Å². The van der Waals surface area contributed by atoms with E-state index in [1.54, 1.807) is 62.9 Å². The first kappa shape index (κ1) is 38.7. The van der Waals surface area contributed by atoms with Gasteiger partial charge >= 0.3 is 6.09 Å². The number of likely N-dealkylation sites (tertiary alicyclic amines) is 2. The first-order chi connectivity index (χ1) is 28.1. The van der Waals surface area contributed by atoms with Gasteiger partial charge in [0.2, 0.25) is 18.1 Å². The number of carbonyl (C=O) groups excluding carboxylic acids is 4. The molecule has 2 saturated heterocycles. The van der Waals surface area contributed by atoms with E-state index in [2.05, 4.69) is 48.5 Å². The number of hydrogen-bond acceptors (Lipinski definition) is 9. The van der Waals surface area contributed by atoms with E-state index in [-0.39, 0.29) is 36.1 Å². The number of aromatic amines is 2. The van der Waals surface area contributed by atoms with Crippen molar-refractivity contribution in [2.45, 2.75) is 63.7 Å². The molecule has 16 heteroatoms. The molecule has 6 heterocycles. The maximum Gasteiger partial charge on any atom is 0.405 e. The van der Waals surface area contributed by atoms with E-state index in [0.29, 0.717) is 36.7 Å². The zero-order valence-corrected chi connectivity index (χ0v) is 33.4. The Morgan fingerprint density at radius 2 is 1.34 bits per heavy atom. The quantitative estimate of drug-likeness (QED) is 0.0638. The largest absolute Gasteiger partial charge is 0.465 e. The molecule has 8 rings (SSSR count). The van der Waals surface area contributed by atoms with Gasteiger partial charge in [0.1, 0.15) is 23.7 Å². The molecule has 0 radical (unpaired) electrons. The maximum absolute atomic E-state index is 13.9. The number of hydrogen-bond donors (Lipinski definition) is 5. The lowest BCUT2D eigenvalue weighted by molar-refractivity contribution is -0.139. The highest BCUT2D eigenvalue weighted by molar-refractivity contribution is 7.27. The smallest absolute Gasteiger partial charge is 0.405 e. The highest BCUT2D eigenvalue weighted by Gasteiger charge is 2.38. The number of H-pyrrole nitrogens is 2. The maximum atomic E-state index is 13.9. The van der Waals surface area contributed by atoms with E-state index in [1.165, 1.54) is 0 Å². The predicted octanol–water partition coefficient (Wildman–Crippen LogP) is 7.09. The van der Waals surface area contributed by atoms with Crippen molar-refractivity contribution in [1.82, 2.24) is 40.4 Å². The number of aromatic nitrogens is 4. The molecule has 4 amide bonds. The molecule has 2 fully saturated rings. The third-order valence-corrected chi connectivity index (χ3v) is 13.1. The Balaban J connectivity index is 0.971. The van der Waals surface area contributed by atoms with Gasteiger partial charge in [0.15, 0.2) is 0 Å². The molecule has 0 bridgehead atoms. The minimum absolute atomic E-state index is 0.177. The molecule has 298 valence electrons. The Kier molecular flexibility index (Phi) is 10.9. The van der Waals surface area contributed by atoms with Crippen LogP contribution in [0.3, 0.4) is 0 Å². The first-order valence-corrected chi connectivity index (χ1v) is 21.0. The average molecular weight is 819 g/mol. The molecule has 0 aliphatic carbocycles. The van der Waals surface area contributed by atoms with Crippen LogP contribution in [0.1, 0.15) is 74.9 Å². The number of fused-ring (bicyclic) bond motifs is 1. The summed E-state index contributed by atoms with van der Waals surface area (Å²) in [6.07, 6.45) is 5.59. The van der Waals surface area contributed by atoms with E-state index in [4.69, 9.17) is 4.98 Å². The lowest BCUT2D eigenvalue weighted by atomic mass is 10.0. The van der Waals surface area contributed by atoms with Crippen molar-refractivity contribution in [1.29, 1.82) is 0 Å². The van der Waals surface area contributed by atoms with Gasteiger partial charge in [-0.3, -0.25) is 19.2 Å². The molecule has 4 atom stereocenters. The third kappa shape index (κ3) is 7.52. The Morgan fingerprint density at radius 1 is 0.776 bits per heavy atom. The van der Waals surface area contributed by atoms with Gasteiger partial charge in [-0.25, -0.2) is 14.8 Å². The summed E-state index contributed by atoms with van der Waals surface area (Å²) in [4.78, 5) is 81.8. The van der Waals surface area contributed by atoms with Crippen molar-refractivity contribution >= 4 is 62.2 Å². The van der Waals surface area contributed by atoms with Crippen LogP contribution in [0.4, 0.5) is 4.79 Å². The van der Waals surface area contributed by atoms with Gasteiger partial charge in [-0.1, -0.05) is 68.4 Å². The summed E-state index contributed by atoms with van der Waals surface area (Å²) >= 11 is 3.33. The topological polar surface area (TPSA) is 193 Å². The lowest BCUT2D eigenvalue weighted by Crippen LogP contribution is -2.50. The summed E-state index contributed by atoms with van der Waals surface area (Å²) in [6.45, 7) is 4.71. The van der Waals surface area contributed by atoms with Crippen LogP contribution in [0.15, 0.2) is 77.8 Å². The fourth-order valence-electron chi connectivity index (χ4n) is 8.06. The van der Waals surface area contributed by atoms with Crippen LogP contribution in [-0.2, 0) is 19.2 Å². The summed E-state index contributed by atoms with van der Waals surface area (Å²) in [5, 5.41) is 18.6. The summed E-state index contributed by atoms with van der Waals surface area (Å²) in [6, 6.07) is 14.8. The number of nitrogens with zero attached hydrogens (tertiary/aromatic N) is 4. The van der Waals surface area contributed by atoms with Crippen molar-refractivity contribution in [3.63, 3.8) is 0 Å². The molecule has 2 aromatic carbocycles. The van der Waals surface area contributed by atoms with Gasteiger partial charge in [-0.2, -0.15) is 0 Å². The zero-order chi connectivity index (χ0) is 40.5. The number of imidazole rings is 2. The standard InChI is InChI=1S/C42H42N8O6S2/c1-23(2)34(48-42(55)56)40(53)49-16-6-11-32(49)39-44-19-30(46-39)28-22-58-36-27(21-57-37(28)36)24-12-14-25(15-13-24)29-18-43-38(45-29)31-10-7-17-50(31)41(54)35(47-33(52)20-51)26-8-4-3-5-9-26/h3-5,8-9,12-15,18-23,31-32,34-35,48H,6-7,10-11,16-17H2,1-2H3,(H,43,45)(H,44,46)(H,47,52)(H,55,56)/t31?,32?,34-,35+/m0/s1. The SMILES string of the molecule is CC(C)[C@H](NC(=O)O)C(=O)N1CCCC1c1ncc(-c2csc3c(-c4ccc(-c5cnc(C6CCCN6C(=O)[C@H](NC(=O)C=O)c6ccccc6)[nH]5)cc4)csc23)[nH]1. The number of benzene rings is 2. The lowest BCUT2D eigenvalue weighted by Gasteiger charge is -2.29. The fraction of sp³-hybridized carbons (Fsp3) is 0.310. The van der Waals surface area contributed by atoms with Crippen LogP contribution in [-0.4, -0.2) is 84.1 Å². The fourth-order valence-corrected chi connectivity index (χ4v) is 10.5. The summed E-state index contributed by atoms with van der Waals surface area (Å²) in [5.74, 6) is -0.222. The van der Waals surface area contributed by atoms with E-state index < -0.39 is 24.1 Å². The van der Waals surface area contributed by atoms with E-state index in [9.17, 15) is 29.1 Å². The normalized spacial score (nSPS) is 17.8. The number of aldehydes is 1. The second-order valence-electron chi connectivity index (χ2n) is 14.9. The molecular weight excluding hydrogens is 777 g/mol. The molecule has 14 nitrogen and oxygen atoms in total. The van der Waals surface area contributed by atoms with Gasteiger partial charge < -0.3 is 35.5 Å². The zero-order valence-electron chi connectivity index (χ0n) is 31.8. The van der Waals surface area contributed by atoms with Crippen molar-refractivity contribution < 1.29 is 29.1 Å². The highest BCUT2D eigenvalue weighted by atomic mass is 32.1. The van der Waals surface area contributed by atoms with E-state index in [0.717, 1.165) is 62.3 Å². The van der Waals surface area contributed by atoms with Crippen molar-refractivity contribution in [3.8, 4) is 33.6 Å². The minimum atomic E-state index is -1.22. The Hall–Kier alpha value is -6.13. The molecule has 0 spiro atoms. The van der Waals surface area contributed by atoms with Gasteiger partial charge in [-0.15, -0.1) is 22.7 Å². The minimum Gasteiger partial charge on any atom is -0.465 e. The first-order valence-electron chi connectivity index (χ1n) is 19.2. The number of carbonyl (C=O) groups is 5. The molecular formula is C42H42N8O6S2. The number of rotatable bonds is 12. The van der Waals surface area contributed by atoms with Crippen LogP contribution in [0, 0.1) is 5.92 Å². The molecule has 2 aliphatic heterocycles. The van der Waals surface area contributed by atoms with Crippen LogP contribution in [0.25, 0.3) is 43.0 Å². The summed E-state index contributed by atoms with van der Waals surface area (Å²) in [5.41, 5.74) is 6.47. The van der Waals surface area contributed by atoms with Crippen LogP contribution >= 0.6 is 22.7 Å².